The highest BCUT2D eigenvalue weighted by Crippen LogP contribution is 2.19. The maximum Gasteiger partial charge on any atom is 0.254 e. The number of rotatable bonds is 9. The van der Waals surface area contributed by atoms with Gasteiger partial charge in [0.25, 0.3) is 5.91 Å². The quantitative estimate of drug-likeness (QED) is 0.732. The topological polar surface area (TPSA) is 80.0 Å². The Morgan fingerprint density at radius 1 is 1.28 bits per heavy atom. The molecule has 2 rings (SSSR count). The minimum absolute atomic E-state index is 0.0224. The number of hydrogen-bond donors (Lipinski definition) is 2. The van der Waals surface area contributed by atoms with Crippen molar-refractivity contribution in [2.24, 2.45) is 5.92 Å². The molecule has 2 aromatic rings. The number of carbonyl (C=O) groups excluding carboxylic acids is 1. The van der Waals surface area contributed by atoms with Gasteiger partial charge in [0.2, 0.25) is 0 Å². The van der Waals surface area contributed by atoms with Gasteiger partial charge < -0.3 is 10.4 Å². The van der Waals surface area contributed by atoms with Crippen LogP contribution in [-0.4, -0.2) is 38.9 Å². The van der Waals surface area contributed by atoms with Gasteiger partial charge in [-0.2, -0.15) is 5.10 Å². The molecule has 1 amide bonds. The molecule has 2 aromatic heterocycles. The standard InChI is InChI=1S/C19H28N4O2/c1-4-17(5-2)23-14(3)18(12-22-23)19(25)21-11-16(13-24)10-15-6-8-20-9-7-15/h6-9,12,16-17,24H,4-5,10-11,13H2,1-3H3,(H,21,25)/t16-/m0/s1. The van der Waals surface area contributed by atoms with Crippen molar-refractivity contribution in [3.63, 3.8) is 0 Å². The summed E-state index contributed by atoms with van der Waals surface area (Å²) in [7, 11) is 0. The summed E-state index contributed by atoms with van der Waals surface area (Å²) in [5, 5.41) is 16.9. The van der Waals surface area contributed by atoms with E-state index in [2.05, 4.69) is 29.2 Å². The van der Waals surface area contributed by atoms with Crippen molar-refractivity contribution < 1.29 is 9.90 Å². The number of amides is 1. The fraction of sp³-hybridized carbons (Fsp3) is 0.526. The van der Waals surface area contributed by atoms with Gasteiger partial charge in [-0.25, -0.2) is 0 Å². The van der Waals surface area contributed by atoms with Gasteiger partial charge in [0.05, 0.1) is 17.8 Å². The van der Waals surface area contributed by atoms with Crippen LogP contribution in [0, 0.1) is 12.8 Å². The van der Waals surface area contributed by atoms with Gasteiger partial charge in [-0.05, 0) is 43.9 Å². The molecule has 0 aliphatic carbocycles. The third kappa shape index (κ3) is 4.89. The van der Waals surface area contributed by atoms with Crippen molar-refractivity contribution in [1.29, 1.82) is 0 Å². The Hall–Kier alpha value is -2.21. The first-order valence-corrected chi connectivity index (χ1v) is 8.92. The van der Waals surface area contributed by atoms with Crippen molar-refractivity contribution >= 4 is 5.91 Å². The molecule has 0 saturated carbocycles. The first-order chi connectivity index (χ1) is 12.1. The Morgan fingerprint density at radius 2 is 1.96 bits per heavy atom. The molecule has 0 radical (unpaired) electrons. The van der Waals surface area contributed by atoms with E-state index >= 15 is 0 Å². The maximum atomic E-state index is 12.5. The Kier molecular flexibility index (Phi) is 7.13. The number of aromatic nitrogens is 3. The molecule has 2 N–H and O–H groups in total. The molecule has 2 heterocycles. The predicted molar refractivity (Wildman–Crippen MR) is 97.4 cm³/mol. The molecule has 0 aliphatic heterocycles. The van der Waals surface area contributed by atoms with Crippen LogP contribution >= 0.6 is 0 Å². The van der Waals surface area contributed by atoms with E-state index in [1.165, 1.54) is 0 Å². The van der Waals surface area contributed by atoms with Crippen molar-refractivity contribution in [3.8, 4) is 0 Å². The van der Waals surface area contributed by atoms with Crippen LogP contribution in [-0.2, 0) is 6.42 Å². The molecule has 0 unspecified atom stereocenters. The van der Waals surface area contributed by atoms with Crippen LogP contribution in [0.2, 0.25) is 0 Å². The van der Waals surface area contributed by atoms with E-state index in [0.717, 1.165) is 24.1 Å². The number of aliphatic hydroxyl groups excluding tert-OH is 1. The van der Waals surface area contributed by atoms with Crippen LogP contribution < -0.4 is 5.32 Å². The lowest BCUT2D eigenvalue weighted by molar-refractivity contribution is 0.0939. The van der Waals surface area contributed by atoms with Crippen LogP contribution in [0.4, 0.5) is 0 Å². The summed E-state index contributed by atoms with van der Waals surface area (Å²) in [4.78, 5) is 16.5. The number of pyridine rings is 1. The molecular weight excluding hydrogens is 316 g/mol. The lowest BCUT2D eigenvalue weighted by Gasteiger charge is -2.16. The third-order valence-corrected chi connectivity index (χ3v) is 4.66. The van der Waals surface area contributed by atoms with Crippen LogP contribution in [0.1, 0.15) is 54.3 Å². The van der Waals surface area contributed by atoms with Gasteiger partial charge in [-0.3, -0.25) is 14.5 Å². The highest BCUT2D eigenvalue weighted by atomic mass is 16.3. The second kappa shape index (κ2) is 9.32. The molecule has 0 bridgehead atoms. The summed E-state index contributed by atoms with van der Waals surface area (Å²) < 4.78 is 1.94. The lowest BCUT2D eigenvalue weighted by atomic mass is 10.0. The lowest BCUT2D eigenvalue weighted by Crippen LogP contribution is -2.32. The molecule has 0 aromatic carbocycles. The Labute approximate surface area is 149 Å². The van der Waals surface area contributed by atoms with Crippen LogP contribution in [0.5, 0.6) is 0 Å². The fourth-order valence-corrected chi connectivity index (χ4v) is 3.03. The molecule has 6 nitrogen and oxygen atoms in total. The van der Waals surface area contributed by atoms with Crippen molar-refractivity contribution in [3.05, 3.63) is 47.5 Å². The summed E-state index contributed by atoms with van der Waals surface area (Å²) in [6.07, 6.45) is 7.78. The summed E-state index contributed by atoms with van der Waals surface area (Å²) >= 11 is 0. The van der Waals surface area contributed by atoms with Gasteiger partial charge in [-0.15, -0.1) is 0 Å². The molecule has 0 fully saturated rings. The van der Waals surface area contributed by atoms with Crippen LogP contribution in [0.15, 0.2) is 30.7 Å². The van der Waals surface area contributed by atoms with Crippen LogP contribution in [0.25, 0.3) is 0 Å². The second-order valence-electron chi connectivity index (χ2n) is 6.38. The largest absolute Gasteiger partial charge is 0.396 e. The molecular formula is C19H28N4O2. The minimum Gasteiger partial charge on any atom is -0.396 e. The summed E-state index contributed by atoms with van der Waals surface area (Å²) in [5.41, 5.74) is 2.59. The van der Waals surface area contributed by atoms with E-state index in [9.17, 15) is 9.90 Å². The number of carbonyl (C=O) groups is 1. The third-order valence-electron chi connectivity index (χ3n) is 4.66. The second-order valence-corrected chi connectivity index (χ2v) is 6.38. The first kappa shape index (κ1) is 19.1. The van der Waals surface area contributed by atoms with Crippen molar-refractivity contribution in [2.75, 3.05) is 13.2 Å². The SMILES string of the molecule is CCC(CC)n1ncc(C(=O)NC[C@@H](CO)Cc2ccncc2)c1C. The molecule has 6 heteroatoms. The van der Waals surface area contributed by atoms with Crippen molar-refractivity contribution in [2.45, 2.75) is 46.1 Å². The van der Waals surface area contributed by atoms with Gasteiger partial charge in [0.15, 0.2) is 0 Å². The number of hydrogen-bond acceptors (Lipinski definition) is 4. The smallest absolute Gasteiger partial charge is 0.254 e. The van der Waals surface area contributed by atoms with E-state index in [1.54, 1.807) is 18.6 Å². The highest BCUT2D eigenvalue weighted by Gasteiger charge is 2.19. The van der Waals surface area contributed by atoms with Gasteiger partial charge in [-0.1, -0.05) is 13.8 Å². The molecule has 0 aliphatic rings. The summed E-state index contributed by atoms with van der Waals surface area (Å²) in [5.74, 6) is -0.163. The maximum absolute atomic E-state index is 12.5. The van der Waals surface area contributed by atoms with Gasteiger partial charge in [0, 0.05) is 37.2 Å². The van der Waals surface area contributed by atoms with Crippen LogP contribution in [0.3, 0.4) is 0 Å². The summed E-state index contributed by atoms with van der Waals surface area (Å²) in [6.45, 7) is 6.63. The number of nitrogens with zero attached hydrogens (tertiary/aromatic N) is 3. The highest BCUT2D eigenvalue weighted by molar-refractivity contribution is 5.95. The Bertz CT molecular complexity index is 665. The Morgan fingerprint density at radius 3 is 2.56 bits per heavy atom. The Balaban J connectivity index is 1.97. The van der Waals surface area contributed by atoms with E-state index in [4.69, 9.17) is 0 Å². The predicted octanol–water partition coefficient (Wildman–Crippen LogP) is 2.53. The average Bonchev–Trinajstić information content (AvgIpc) is 3.02. The van der Waals surface area contributed by atoms with Crippen molar-refractivity contribution in [1.82, 2.24) is 20.1 Å². The molecule has 0 spiro atoms. The minimum atomic E-state index is -0.136. The molecule has 0 saturated heterocycles. The zero-order valence-corrected chi connectivity index (χ0v) is 15.3. The summed E-state index contributed by atoms with van der Waals surface area (Å²) in [6, 6.07) is 4.17. The normalized spacial score (nSPS) is 12.4. The monoisotopic (exact) mass is 344 g/mol. The van der Waals surface area contributed by atoms with Gasteiger partial charge >= 0.3 is 0 Å². The van der Waals surface area contributed by atoms with E-state index in [1.807, 2.05) is 23.7 Å². The number of nitrogens with one attached hydrogen (secondary N) is 1. The molecule has 25 heavy (non-hydrogen) atoms. The van der Waals surface area contributed by atoms with Gasteiger partial charge in [0.1, 0.15) is 0 Å². The number of aliphatic hydroxyl groups is 1. The molecule has 1 atom stereocenters. The zero-order chi connectivity index (χ0) is 18.2. The zero-order valence-electron chi connectivity index (χ0n) is 15.3. The van der Waals surface area contributed by atoms with E-state index in [-0.39, 0.29) is 18.4 Å². The van der Waals surface area contributed by atoms with E-state index < -0.39 is 0 Å². The average molecular weight is 344 g/mol. The first-order valence-electron chi connectivity index (χ1n) is 8.92. The molecule has 136 valence electrons. The fourth-order valence-electron chi connectivity index (χ4n) is 3.03. The van der Waals surface area contributed by atoms with E-state index in [0.29, 0.717) is 24.6 Å².